The first-order valence-electron chi connectivity index (χ1n) is 10.4. The Hall–Kier alpha value is -0.600. The van der Waals surface area contributed by atoms with Crippen LogP contribution in [-0.2, 0) is 23.7 Å². The van der Waals surface area contributed by atoms with Gasteiger partial charge in [-0.25, -0.2) is 0 Å². The van der Waals surface area contributed by atoms with Crippen LogP contribution in [0.1, 0.15) is 6.92 Å². The molecular formula is C18H32O15. The number of hydrogen-bond acceptors (Lipinski definition) is 15. The largest absolute Gasteiger partial charge is 0.394 e. The van der Waals surface area contributed by atoms with Gasteiger partial charge in [0.15, 0.2) is 18.9 Å². The lowest BCUT2D eigenvalue weighted by atomic mass is 9.96. The fourth-order valence-electron chi connectivity index (χ4n) is 3.98. The average Bonchev–Trinajstić information content (AvgIpc) is 2.80. The highest BCUT2D eigenvalue weighted by atomic mass is 16.8. The van der Waals surface area contributed by atoms with Gasteiger partial charge < -0.3 is 74.7 Å². The summed E-state index contributed by atoms with van der Waals surface area (Å²) in [6.07, 6.45) is -24.1. The second-order valence-electron chi connectivity index (χ2n) is 8.32. The Balaban J connectivity index is 1.83. The molecule has 0 radical (unpaired) electrons. The molecule has 0 aromatic rings. The van der Waals surface area contributed by atoms with Gasteiger partial charge in [-0.15, -0.1) is 0 Å². The fraction of sp³-hybridized carbons (Fsp3) is 1.00. The van der Waals surface area contributed by atoms with E-state index in [2.05, 4.69) is 0 Å². The molecule has 3 heterocycles. The SMILES string of the molecule is CC1O[C@@H](O[C@H]2C(O)[C@@H](O)C(CO)O[C@H]2O[C@@H]2C(CO)OC(O)C(O)C2O)[C@@H](O)C(O)[C@@H]1O. The van der Waals surface area contributed by atoms with Gasteiger partial charge in [0.2, 0.25) is 0 Å². The summed E-state index contributed by atoms with van der Waals surface area (Å²) in [5.74, 6) is 0. The maximum absolute atomic E-state index is 10.6. The van der Waals surface area contributed by atoms with E-state index < -0.39 is 105 Å². The Morgan fingerprint density at radius 3 is 1.73 bits per heavy atom. The topological polar surface area (TPSA) is 248 Å². The molecule has 0 amide bonds. The van der Waals surface area contributed by atoms with Gasteiger partial charge >= 0.3 is 0 Å². The highest BCUT2D eigenvalue weighted by Gasteiger charge is 2.53. The lowest BCUT2D eigenvalue weighted by Crippen LogP contribution is -2.66. The lowest BCUT2D eigenvalue weighted by Gasteiger charge is -2.48. The number of ether oxygens (including phenoxy) is 5. The molecule has 0 aliphatic carbocycles. The van der Waals surface area contributed by atoms with Crippen LogP contribution in [0.15, 0.2) is 0 Å². The molecule has 3 aliphatic heterocycles. The maximum atomic E-state index is 10.6. The summed E-state index contributed by atoms with van der Waals surface area (Å²) in [5, 5.41) is 99.8. The molecule has 194 valence electrons. The molecule has 3 rings (SSSR count). The molecule has 0 spiro atoms. The molecule has 3 aliphatic rings. The quantitative estimate of drug-likeness (QED) is 0.167. The van der Waals surface area contributed by atoms with Crippen molar-refractivity contribution in [1.29, 1.82) is 0 Å². The van der Waals surface area contributed by atoms with E-state index in [1.54, 1.807) is 0 Å². The van der Waals surface area contributed by atoms with Gasteiger partial charge in [-0.2, -0.15) is 0 Å². The van der Waals surface area contributed by atoms with Crippen LogP contribution in [0.3, 0.4) is 0 Å². The molecule has 33 heavy (non-hydrogen) atoms. The second-order valence-corrected chi connectivity index (χ2v) is 8.32. The van der Waals surface area contributed by atoms with Gasteiger partial charge in [0, 0.05) is 0 Å². The van der Waals surface area contributed by atoms with Crippen LogP contribution in [0, 0.1) is 0 Å². The molecule has 15 heteroatoms. The van der Waals surface area contributed by atoms with Gasteiger partial charge in [0.25, 0.3) is 0 Å². The second kappa shape index (κ2) is 11.0. The highest BCUT2D eigenvalue weighted by molar-refractivity contribution is 4.95. The van der Waals surface area contributed by atoms with Crippen LogP contribution >= 0.6 is 0 Å². The minimum atomic E-state index is -1.83. The smallest absolute Gasteiger partial charge is 0.187 e. The predicted octanol–water partition coefficient (Wildman–Crippen LogP) is -6.55. The van der Waals surface area contributed by atoms with Crippen molar-refractivity contribution < 1.29 is 74.7 Å². The Morgan fingerprint density at radius 1 is 0.545 bits per heavy atom. The van der Waals surface area contributed by atoms with Gasteiger partial charge in [-0.3, -0.25) is 0 Å². The highest BCUT2D eigenvalue weighted by Crippen LogP contribution is 2.32. The molecule has 15 nitrogen and oxygen atoms in total. The maximum Gasteiger partial charge on any atom is 0.187 e. The van der Waals surface area contributed by atoms with Gasteiger partial charge in [0.05, 0.1) is 19.3 Å². The van der Waals surface area contributed by atoms with Crippen molar-refractivity contribution in [2.24, 2.45) is 0 Å². The Labute approximate surface area is 187 Å². The third kappa shape index (κ3) is 5.32. The molecular weight excluding hydrogens is 456 g/mol. The zero-order valence-electron chi connectivity index (χ0n) is 17.6. The zero-order chi connectivity index (χ0) is 24.6. The summed E-state index contributed by atoms with van der Waals surface area (Å²) < 4.78 is 26.9. The van der Waals surface area contributed by atoms with E-state index >= 15 is 0 Å². The van der Waals surface area contributed by atoms with E-state index in [9.17, 15) is 51.1 Å². The molecule has 0 saturated carbocycles. The van der Waals surface area contributed by atoms with E-state index in [0.717, 1.165) is 0 Å². The average molecular weight is 488 g/mol. The van der Waals surface area contributed by atoms with Crippen molar-refractivity contribution in [2.45, 2.75) is 99.0 Å². The van der Waals surface area contributed by atoms with E-state index in [4.69, 9.17) is 23.7 Å². The number of aliphatic hydroxyl groups is 10. The Bertz CT molecular complexity index is 624. The first kappa shape index (κ1) is 27.0. The van der Waals surface area contributed by atoms with Crippen molar-refractivity contribution in [2.75, 3.05) is 13.2 Å². The van der Waals surface area contributed by atoms with Crippen LogP contribution < -0.4 is 0 Å². The summed E-state index contributed by atoms with van der Waals surface area (Å²) in [6, 6.07) is 0. The van der Waals surface area contributed by atoms with Crippen LogP contribution in [0.25, 0.3) is 0 Å². The third-order valence-electron chi connectivity index (χ3n) is 6.05. The monoisotopic (exact) mass is 488 g/mol. The van der Waals surface area contributed by atoms with Crippen LogP contribution in [0.4, 0.5) is 0 Å². The van der Waals surface area contributed by atoms with Gasteiger partial charge in [-0.1, -0.05) is 0 Å². The van der Waals surface area contributed by atoms with Crippen LogP contribution in [0.5, 0.6) is 0 Å². The van der Waals surface area contributed by atoms with Crippen molar-refractivity contribution in [3.05, 3.63) is 0 Å². The fourth-order valence-corrected chi connectivity index (χ4v) is 3.98. The van der Waals surface area contributed by atoms with Gasteiger partial charge in [0.1, 0.15) is 67.1 Å². The summed E-state index contributed by atoms with van der Waals surface area (Å²) in [7, 11) is 0. The van der Waals surface area contributed by atoms with Crippen molar-refractivity contribution >= 4 is 0 Å². The van der Waals surface area contributed by atoms with E-state index in [1.807, 2.05) is 0 Å². The minimum Gasteiger partial charge on any atom is -0.394 e. The Morgan fingerprint density at radius 2 is 1.12 bits per heavy atom. The van der Waals surface area contributed by atoms with Crippen LogP contribution in [-0.4, -0.2) is 156 Å². The molecule has 0 aromatic heterocycles. The standard InChI is InChI=1S/C18H32O15/c1-4-7(21)9(23)13(27)17(29-4)33-15-10(24)8(22)5(2-19)31-18(15)32-14-6(3-20)30-16(28)12(26)11(14)25/h4-28H,2-3H2,1H3/t4?,5?,6?,7-,8+,9?,10?,11?,12?,13+,14-,15+,16?,17+,18+/m1/s1. The minimum absolute atomic E-state index is 0.760. The number of hydrogen-bond donors (Lipinski definition) is 10. The molecule has 15 atom stereocenters. The first-order chi connectivity index (χ1) is 15.5. The van der Waals surface area contributed by atoms with E-state index in [-0.39, 0.29) is 0 Å². The number of aliphatic hydroxyl groups excluding tert-OH is 10. The number of rotatable bonds is 6. The molecule has 0 bridgehead atoms. The third-order valence-corrected chi connectivity index (χ3v) is 6.05. The van der Waals surface area contributed by atoms with Crippen molar-refractivity contribution in [3.63, 3.8) is 0 Å². The van der Waals surface area contributed by atoms with Gasteiger partial charge in [-0.05, 0) is 6.92 Å². The molecule has 0 aromatic carbocycles. The van der Waals surface area contributed by atoms with E-state index in [1.165, 1.54) is 6.92 Å². The Kier molecular flexibility index (Phi) is 8.99. The van der Waals surface area contributed by atoms with Crippen molar-refractivity contribution in [3.8, 4) is 0 Å². The molecule has 10 N–H and O–H groups in total. The van der Waals surface area contributed by atoms with Crippen LogP contribution in [0.2, 0.25) is 0 Å². The summed E-state index contributed by atoms with van der Waals surface area (Å²) in [5.41, 5.74) is 0. The molecule has 3 saturated heterocycles. The van der Waals surface area contributed by atoms with Crippen molar-refractivity contribution in [1.82, 2.24) is 0 Å². The predicted molar refractivity (Wildman–Crippen MR) is 99.8 cm³/mol. The molecule has 8 unspecified atom stereocenters. The molecule has 3 fully saturated rings. The zero-order valence-corrected chi connectivity index (χ0v) is 17.6. The first-order valence-corrected chi connectivity index (χ1v) is 10.4. The lowest BCUT2D eigenvalue weighted by molar-refractivity contribution is -0.385. The van der Waals surface area contributed by atoms with E-state index in [0.29, 0.717) is 0 Å². The summed E-state index contributed by atoms with van der Waals surface area (Å²) in [6.45, 7) is -0.128. The normalized spacial score (nSPS) is 53.7. The summed E-state index contributed by atoms with van der Waals surface area (Å²) in [4.78, 5) is 0. The summed E-state index contributed by atoms with van der Waals surface area (Å²) >= 11 is 0.